The molecular weight excluding hydrogens is 495 g/mol. The number of aromatic nitrogens is 4. The number of hydrogen-bond acceptors (Lipinski definition) is 6. The van der Waals surface area contributed by atoms with Gasteiger partial charge in [0.1, 0.15) is 17.3 Å². The number of anilines is 2. The summed E-state index contributed by atoms with van der Waals surface area (Å²) in [5.41, 5.74) is 1.51. The Kier molecular flexibility index (Phi) is 7.02. The highest BCUT2D eigenvalue weighted by molar-refractivity contribution is 5.94. The number of rotatable bonds is 5. The Bertz CT molecular complexity index is 1510. The van der Waals surface area contributed by atoms with Crippen LogP contribution in [0.1, 0.15) is 42.4 Å². The van der Waals surface area contributed by atoms with Gasteiger partial charge in [-0.05, 0) is 64.1 Å². The molecule has 4 heterocycles. The van der Waals surface area contributed by atoms with Gasteiger partial charge in [-0.2, -0.15) is 4.39 Å². The second-order valence-electron chi connectivity index (χ2n) is 9.59. The van der Waals surface area contributed by atoms with E-state index in [1.54, 1.807) is 17.0 Å². The molecule has 1 aromatic carbocycles. The molecule has 0 aliphatic carbocycles. The fraction of sp³-hybridized carbons (Fsp3) is 0.333. The van der Waals surface area contributed by atoms with E-state index in [2.05, 4.69) is 25.6 Å². The van der Waals surface area contributed by atoms with Crippen LogP contribution >= 0.6 is 0 Å². The van der Waals surface area contributed by atoms with Crippen LogP contribution in [0.4, 0.5) is 24.9 Å². The Morgan fingerprint density at radius 1 is 1.05 bits per heavy atom. The largest absolute Gasteiger partial charge is 0.342 e. The van der Waals surface area contributed by atoms with Crippen molar-refractivity contribution in [1.82, 2.24) is 29.7 Å². The Hall–Kier alpha value is -3.99. The van der Waals surface area contributed by atoms with Gasteiger partial charge >= 0.3 is 0 Å². The maximum atomic E-state index is 15.0. The molecule has 0 radical (unpaired) electrons. The number of pyridine rings is 1. The van der Waals surface area contributed by atoms with Gasteiger partial charge in [0.15, 0.2) is 5.82 Å². The molecule has 11 heteroatoms. The van der Waals surface area contributed by atoms with E-state index in [0.717, 1.165) is 24.9 Å². The smallest absolute Gasteiger partial charge is 0.258 e. The molecule has 0 spiro atoms. The van der Waals surface area contributed by atoms with Gasteiger partial charge in [0.25, 0.3) is 5.91 Å². The summed E-state index contributed by atoms with van der Waals surface area (Å²) in [6.07, 6.45) is 1.74. The van der Waals surface area contributed by atoms with Gasteiger partial charge in [-0.3, -0.25) is 4.79 Å². The first kappa shape index (κ1) is 25.7. The average Bonchev–Trinajstić information content (AvgIpc) is 3.03. The van der Waals surface area contributed by atoms with Crippen molar-refractivity contribution in [2.45, 2.75) is 33.2 Å². The van der Waals surface area contributed by atoms with Gasteiger partial charge in [0.05, 0.1) is 17.3 Å². The minimum atomic E-state index is -0.933. The van der Waals surface area contributed by atoms with Crippen molar-refractivity contribution in [1.29, 1.82) is 0 Å². The van der Waals surface area contributed by atoms with Crippen LogP contribution in [-0.2, 0) is 0 Å². The predicted octanol–water partition coefficient (Wildman–Crippen LogP) is 4.98. The van der Waals surface area contributed by atoms with Gasteiger partial charge in [0.2, 0.25) is 11.9 Å². The van der Waals surface area contributed by atoms with Crippen molar-refractivity contribution in [2.24, 2.45) is 0 Å². The summed E-state index contributed by atoms with van der Waals surface area (Å²) in [6, 6.07) is 7.54. The van der Waals surface area contributed by atoms with Crippen LogP contribution in [-0.4, -0.2) is 56.5 Å². The maximum absolute atomic E-state index is 15.0. The summed E-state index contributed by atoms with van der Waals surface area (Å²) >= 11 is 0. The van der Waals surface area contributed by atoms with E-state index in [0.29, 0.717) is 30.5 Å². The van der Waals surface area contributed by atoms with Crippen LogP contribution in [0.5, 0.6) is 0 Å². The lowest BCUT2D eigenvalue weighted by atomic mass is 10.1. The lowest BCUT2D eigenvalue weighted by Crippen LogP contribution is -2.34. The zero-order valence-electron chi connectivity index (χ0n) is 21.4. The fourth-order valence-electron chi connectivity index (χ4n) is 4.86. The van der Waals surface area contributed by atoms with Crippen LogP contribution in [0, 0.1) is 24.5 Å². The first-order valence-electron chi connectivity index (χ1n) is 12.5. The molecule has 38 heavy (non-hydrogen) atoms. The first-order valence-corrected chi connectivity index (χ1v) is 12.5. The molecule has 0 saturated carbocycles. The molecule has 1 aliphatic rings. The molecule has 0 bridgehead atoms. The number of amides is 1. The molecule has 198 valence electrons. The van der Waals surface area contributed by atoms with Gasteiger partial charge in [-0.25, -0.2) is 23.7 Å². The molecular formula is C27H28F3N7O. The number of fused-ring (bicyclic) bond motifs is 1. The number of halogens is 3. The Balaban J connectivity index is 1.43. The number of carbonyl (C=O) groups excluding carboxylic acids is 1. The molecule has 5 rings (SSSR count). The second kappa shape index (κ2) is 10.4. The first-order chi connectivity index (χ1) is 18.2. The zero-order chi connectivity index (χ0) is 27.0. The van der Waals surface area contributed by atoms with Crippen LogP contribution in [0.15, 0.2) is 36.5 Å². The fourth-order valence-corrected chi connectivity index (χ4v) is 4.86. The average molecular weight is 524 g/mol. The van der Waals surface area contributed by atoms with Crippen LogP contribution in [0.3, 0.4) is 0 Å². The quantitative estimate of drug-likeness (QED) is 0.359. The summed E-state index contributed by atoms with van der Waals surface area (Å²) in [6.45, 7) is 8.33. The SMILES string of the molecule is Cc1cc2c(F)cc(-c3nc(Nc4ccc(C(=O)N5CCCNCC5)c(F)n4)ncc3F)cc2n1C(C)C. The Morgan fingerprint density at radius 2 is 1.87 bits per heavy atom. The topological polar surface area (TPSA) is 88.0 Å². The summed E-state index contributed by atoms with van der Waals surface area (Å²) < 4.78 is 46.6. The van der Waals surface area contributed by atoms with E-state index < -0.39 is 23.5 Å². The van der Waals surface area contributed by atoms with Gasteiger partial charge in [-0.15, -0.1) is 0 Å². The van der Waals surface area contributed by atoms with Crippen molar-refractivity contribution in [3.8, 4) is 11.3 Å². The van der Waals surface area contributed by atoms with Crippen molar-refractivity contribution < 1.29 is 18.0 Å². The molecule has 1 amide bonds. The summed E-state index contributed by atoms with van der Waals surface area (Å²) in [7, 11) is 0. The highest BCUT2D eigenvalue weighted by atomic mass is 19.1. The maximum Gasteiger partial charge on any atom is 0.258 e. The molecule has 0 atom stereocenters. The number of benzene rings is 1. The number of aryl methyl sites for hydroxylation is 1. The van der Waals surface area contributed by atoms with Crippen molar-refractivity contribution >= 4 is 28.6 Å². The molecule has 3 aromatic heterocycles. The molecule has 8 nitrogen and oxygen atoms in total. The third-order valence-corrected chi connectivity index (χ3v) is 6.58. The van der Waals surface area contributed by atoms with Crippen molar-refractivity contribution in [3.63, 3.8) is 0 Å². The van der Waals surface area contributed by atoms with E-state index in [9.17, 15) is 18.0 Å². The highest BCUT2D eigenvalue weighted by Gasteiger charge is 2.22. The predicted molar refractivity (Wildman–Crippen MR) is 139 cm³/mol. The van der Waals surface area contributed by atoms with E-state index in [1.807, 2.05) is 25.3 Å². The number of hydrogen-bond donors (Lipinski definition) is 2. The van der Waals surface area contributed by atoms with E-state index in [-0.39, 0.29) is 34.6 Å². The van der Waals surface area contributed by atoms with E-state index in [4.69, 9.17) is 0 Å². The third kappa shape index (κ3) is 4.93. The standard InChI is InChI=1S/C27H28F3N7O/c1-15(2)37-16(3)11-19-20(28)12-17(13-22(19)37)24-21(29)14-32-27(35-24)34-23-6-5-18(25(30)33-23)26(38)36-9-4-7-31-8-10-36/h5-6,11-15,31H,4,7-10H2,1-3H3,(H,32,33,34,35). The molecule has 4 aromatic rings. The summed E-state index contributed by atoms with van der Waals surface area (Å²) in [5, 5.41) is 6.39. The molecule has 1 saturated heterocycles. The lowest BCUT2D eigenvalue weighted by molar-refractivity contribution is 0.0760. The van der Waals surface area contributed by atoms with Crippen molar-refractivity contribution in [2.75, 3.05) is 31.5 Å². The molecule has 0 unspecified atom stereocenters. The van der Waals surface area contributed by atoms with E-state index in [1.165, 1.54) is 18.2 Å². The zero-order valence-corrected chi connectivity index (χ0v) is 21.4. The second-order valence-corrected chi connectivity index (χ2v) is 9.59. The number of nitrogens with one attached hydrogen (secondary N) is 2. The Morgan fingerprint density at radius 3 is 2.63 bits per heavy atom. The summed E-state index contributed by atoms with van der Waals surface area (Å²) in [5.74, 6) is -2.60. The molecule has 1 fully saturated rings. The lowest BCUT2D eigenvalue weighted by Gasteiger charge is -2.20. The summed E-state index contributed by atoms with van der Waals surface area (Å²) in [4.78, 5) is 26.4. The van der Waals surface area contributed by atoms with Gasteiger partial charge in [-0.1, -0.05) is 0 Å². The van der Waals surface area contributed by atoms with Gasteiger partial charge < -0.3 is 20.1 Å². The number of nitrogens with zero attached hydrogens (tertiary/aromatic N) is 5. The van der Waals surface area contributed by atoms with Crippen LogP contribution in [0.25, 0.3) is 22.2 Å². The third-order valence-electron chi connectivity index (χ3n) is 6.58. The minimum Gasteiger partial charge on any atom is -0.342 e. The molecule has 1 aliphatic heterocycles. The Labute approximate surface area is 217 Å². The van der Waals surface area contributed by atoms with Crippen LogP contribution < -0.4 is 10.6 Å². The monoisotopic (exact) mass is 523 g/mol. The highest BCUT2D eigenvalue weighted by Crippen LogP contribution is 2.32. The normalized spacial score (nSPS) is 14.2. The van der Waals surface area contributed by atoms with E-state index >= 15 is 0 Å². The van der Waals surface area contributed by atoms with Gasteiger partial charge in [0, 0.05) is 42.3 Å². The minimum absolute atomic E-state index is 0.0417. The molecule has 2 N–H and O–H groups in total. The number of carbonyl (C=O) groups is 1. The van der Waals surface area contributed by atoms with Crippen molar-refractivity contribution in [3.05, 3.63) is 65.4 Å². The van der Waals surface area contributed by atoms with Crippen LogP contribution in [0.2, 0.25) is 0 Å².